The fourth-order valence-electron chi connectivity index (χ4n) is 1.35. The Bertz CT molecular complexity index is 550. The number of hydrogen-bond acceptors (Lipinski definition) is 3. The van der Waals surface area contributed by atoms with Crippen molar-refractivity contribution in [3.8, 4) is 0 Å². The van der Waals surface area contributed by atoms with E-state index in [4.69, 9.17) is 5.11 Å². The van der Waals surface area contributed by atoms with E-state index in [1.54, 1.807) is 18.2 Å². The lowest BCUT2D eigenvalue weighted by molar-refractivity contribution is -0.131. The number of hydrogen-bond donors (Lipinski definition) is 3. The second-order valence-corrected chi connectivity index (χ2v) is 3.87. The minimum absolute atomic E-state index is 0.211. The largest absolute Gasteiger partial charge is 0.478 e. The summed E-state index contributed by atoms with van der Waals surface area (Å²) < 4.78 is 0. The number of anilines is 2. The van der Waals surface area contributed by atoms with Gasteiger partial charge in [0.1, 0.15) is 0 Å². The first-order chi connectivity index (χ1) is 8.88. The molecule has 0 aliphatic heterocycles. The highest BCUT2D eigenvalue weighted by atomic mass is 16.4. The van der Waals surface area contributed by atoms with Crippen molar-refractivity contribution >= 4 is 29.2 Å². The molecule has 0 spiro atoms. The van der Waals surface area contributed by atoms with Gasteiger partial charge in [-0.2, -0.15) is 0 Å². The topological polar surface area (TPSA) is 95.5 Å². The molecule has 0 atom stereocenters. The molecule has 0 radical (unpaired) electrons. The predicted molar refractivity (Wildman–Crippen MR) is 70.9 cm³/mol. The summed E-state index contributed by atoms with van der Waals surface area (Å²) >= 11 is 0. The first-order valence-corrected chi connectivity index (χ1v) is 5.48. The normalized spacial score (nSPS) is 10.2. The maximum atomic E-state index is 11.4. The van der Waals surface area contributed by atoms with E-state index in [0.717, 1.165) is 17.7 Å². The molecule has 6 nitrogen and oxygen atoms in total. The Labute approximate surface area is 110 Å². The van der Waals surface area contributed by atoms with Crippen LogP contribution >= 0.6 is 0 Å². The molecule has 0 fully saturated rings. The Balaban J connectivity index is 2.82. The van der Waals surface area contributed by atoms with Crippen LogP contribution < -0.4 is 10.6 Å². The van der Waals surface area contributed by atoms with E-state index in [9.17, 15) is 14.4 Å². The van der Waals surface area contributed by atoms with Crippen molar-refractivity contribution in [1.82, 2.24) is 0 Å². The highest BCUT2D eigenvalue weighted by Gasteiger charge is 2.04. The van der Waals surface area contributed by atoms with Crippen molar-refractivity contribution in [3.05, 3.63) is 35.9 Å². The summed E-state index contributed by atoms with van der Waals surface area (Å²) in [4.78, 5) is 32.7. The van der Waals surface area contributed by atoms with Crippen LogP contribution in [0.4, 0.5) is 11.4 Å². The molecule has 19 heavy (non-hydrogen) atoms. The van der Waals surface area contributed by atoms with E-state index in [1.165, 1.54) is 6.92 Å². The second-order valence-electron chi connectivity index (χ2n) is 3.87. The maximum absolute atomic E-state index is 11.4. The number of benzene rings is 1. The van der Waals surface area contributed by atoms with E-state index >= 15 is 0 Å². The molecule has 0 saturated carbocycles. The smallest absolute Gasteiger partial charge is 0.328 e. The molecule has 0 saturated heterocycles. The van der Waals surface area contributed by atoms with E-state index in [2.05, 4.69) is 10.6 Å². The first kappa shape index (κ1) is 14.4. The van der Waals surface area contributed by atoms with E-state index in [-0.39, 0.29) is 5.91 Å². The van der Waals surface area contributed by atoms with Gasteiger partial charge in [-0.05, 0) is 24.6 Å². The van der Waals surface area contributed by atoms with Gasteiger partial charge in [0.25, 0.3) is 0 Å². The van der Waals surface area contributed by atoms with Gasteiger partial charge >= 0.3 is 5.97 Å². The average Bonchev–Trinajstić information content (AvgIpc) is 2.30. The number of aliphatic carboxylic acids is 1. The van der Waals surface area contributed by atoms with Gasteiger partial charge in [0.05, 0.1) is 0 Å². The van der Waals surface area contributed by atoms with Crippen LogP contribution in [0.3, 0.4) is 0 Å². The van der Waals surface area contributed by atoms with Crippen LogP contribution in [-0.4, -0.2) is 22.9 Å². The van der Waals surface area contributed by atoms with Gasteiger partial charge in [0, 0.05) is 30.5 Å². The number of carbonyl (C=O) groups excluding carboxylic acids is 2. The third-order valence-electron chi connectivity index (χ3n) is 2.19. The van der Waals surface area contributed by atoms with Crippen LogP contribution in [0.25, 0.3) is 0 Å². The lowest BCUT2D eigenvalue weighted by atomic mass is 10.1. The number of carbonyl (C=O) groups is 3. The zero-order valence-corrected chi connectivity index (χ0v) is 10.6. The zero-order chi connectivity index (χ0) is 14.4. The van der Waals surface area contributed by atoms with Gasteiger partial charge in [0.2, 0.25) is 11.8 Å². The maximum Gasteiger partial charge on any atom is 0.328 e. The van der Waals surface area contributed by atoms with Crippen molar-refractivity contribution in [2.45, 2.75) is 13.8 Å². The number of nitrogens with one attached hydrogen (secondary N) is 2. The SMILES string of the molecule is CC(=O)Nc1cc(NC(=O)/C=C/C(=O)O)ccc1C. The van der Waals surface area contributed by atoms with Crippen LogP contribution in [0.15, 0.2) is 30.4 Å². The standard InChI is InChI=1S/C13H14N2O4/c1-8-3-4-10(7-11(8)14-9(2)16)15-12(17)5-6-13(18)19/h3-7H,1-2H3,(H,14,16)(H,15,17)(H,18,19)/b6-5+. The molecule has 0 unspecified atom stereocenters. The van der Waals surface area contributed by atoms with Gasteiger partial charge in [-0.3, -0.25) is 9.59 Å². The quantitative estimate of drug-likeness (QED) is 0.717. The summed E-state index contributed by atoms with van der Waals surface area (Å²) in [7, 11) is 0. The molecule has 1 aromatic rings. The fraction of sp³-hybridized carbons (Fsp3) is 0.154. The van der Waals surface area contributed by atoms with Crippen molar-refractivity contribution in [2.75, 3.05) is 10.6 Å². The summed E-state index contributed by atoms with van der Waals surface area (Å²) in [6.45, 7) is 3.21. The van der Waals surface area contributed by atoms with Crippen LogP contribution in [0.2, 0.25) is 0 Å². The van der Waals surface area contributed by atoms with E-state index in [0.29, 0.717) is 11.4 Å². The van der Waals surface area contributed by atoms with Crippen molar-refractivity contribution in [3.63, 3.8) is 0 Å². The second kappa shape index (κ2) is 6.34. The summed E-state index contributed by atoms with van der Waals surface area (Å²) in [6, 6.07) is 5.00. The van der Waals surface area contributed by atoms with Crippen molar-refractivity contribution in [2.24, 2.45) is 0 Å². The van der Waals surface area contributed by atoms with Crippen molar-refractivity contribution < 1.29 is 19.5 Å². The Kier molecular flexibility index (Phi) is 4.82. The summed E-state index contributed by atoms with van der Waals surface area (Å²) in [5.74, 6) is -1.96. The molecule has 1 rings (SSSR count). The van der Waals surface area contributed by atoms with Crippen LogP contribution in [0.1, 0.15) is 12.5 Å². The van der Waals surface area contributed by atoms with E-state index < -0.39 is 11.9 Å². The summed E-state index contributed by atoms with van der Waals surface area (Å²) in [5, 5.41) is 13.5. The Morgan fingerprint density at radius 3 is 2.42 bits per heavy atom. The molecule has 3 N–H and O–H groups in total. The molecule has 0 bridgehead atoms. The Morgan fingerprint density at radius 2 is 1.84 bits per heavy atom. The molecule has 2 amide bonds. The molecular formula is C13H14N2O4. The Hall–Kier alpha value is -2.63. The van der Waals surface area contributed by atoms with Gasteiger partial charge in [-0.25, -0.2) is 4.79 Å². The highest BCUT2D eigenvalue weighted by molar-refractivity contribution is 6.02. The zero-order valence-electron chi connectivity index (χ0n) is 10.6. The summed E-state index contributed by atoms with van der Waals surface area (Å²) in [5.41, 5.74) is 1.91. The number of carboxylic acid groups (broad SMARTS) is 1. The Morgan fingerprint density at radius 1 is 1.16 bits per heavy atom. The highest BCUT2D eigenvalue weighted by Crippen LogP contribution is 2.20. The molecular weight excluding hydrogens is 248 g/mol. The lowest BCUT2D eigenvalue weighted by Gasteiger charge is -2.09. The van der Waals surface area contributed by atoms with Gasteiger partial charge in [-0.15, -0.1) is 0 Å². The molecule has 0 aromatic heterocycles. The van der Waals surface area contributed by atoms with Crippen LogP contribution in [-0.2, 0) is 14.4 Å². The molecule has 0 heterocycles. The van der Waals surface area contributed by atoms with Gasteiger partial charge < -0.3 is 15.7 Å². The molecule has 0 aliphatic rings. The number of carboxylic acids is 1. The number of rotatable bonds is 4. The minimum Gasteiger partial charge on any atom is -0.478 e. The van der Waals surface area contributed by atoms with Crippen LogP contribution in [0, 0.1) is 6.92 Å². The predicted octanol–water partition coefficient (Wildman–Crippen LogP) is 1.53. The number of aryl methyl sites for hydroxylation is 1. The summed E-state index contributed by atoms with van der Waals surface area (Å²) in [6.07, 6.45) is 1.67. The molecule has 100 valence electrons. The third kappa shape index (κ3) is 5.03. The van der Waals surface area contributed by atoms with Crippen LogP contribution in [0.5, 0.6) is 0 Å². The lowest BCUT2D eigenvalue weighted by Crippen LogP contribution is -2.11. The van der Waals surface area contributed by atoms with E-state index in [1.807, 2.05) is 6.92 Å². The van der Waals surface area contributed by atoms with Gasteiger partial charge in [-0.1, -0.05) is 6.07 Å². The van der Waals surface area contributed by atoms with Gasteiger partial charge in [0.15, 0.2) is 0 Å². The molecule has 1 aromatic carbocycles. The average molecular weight is 262 g/mol. The monoisotopic (exact) mass is 262 g/mol. The molecule has 6 heteroatoms. The van der Waals surface area contributed by atoms with Crippen molar-refractivity contribution in [1.29, 1.82) is 0 Å². The minimum atomic E-state index is -1.20. The third-order valence-corrected chi connectivity index (χ3v) is 2.19. The first-order valence-electron chi connectivity index (χ1n) is 5.48. The fourth-order valence-corrected chi connectivity index (χ4v) is 1.35. The molecule has 0 aliphatic carbocycles. The number of amides is 2.